The highest BCUT2D eigenvalue weighted by molar-refractivity contribution is 5.61. The Morgan fingerprint density at radius 3 is 2.71 bits per heavy atom. The van der Waals surface area contributed by atoms with Crippen LogP contribution in [0.4, 0.5) is 15.8 Å². The Hall–Kier alpha value is -2.44. The van der Waals surface area contributed by atoms with E-state index in [1.807, 2.05) is 20.8 Å². The molecule has 1 aromatic heterocycles. The molecule has 1 heterocycles. The van der Waals surface area contributed by atoms with E-state index < -0.39 is 10.7 Å². The Kier molecular flexibility index (Phi) is 3.93. The van der Waals surface area contributed by atoms with Crippen molar-refractivity contribution in [3.05, 3.63) is 52.0 Å². The van der Waals surface area contributed by atoms with Gasteiger partial charge in [0.15, 0.2) is 0 Å². The van der Waals surface area contributed by atoms with Gasteiger partial charge in [-0.05, 0) is 12.1 Å². The summed E-state index contributed by atoms with van der Waals surface area (Å²) >= 11 is 0. The highest BCUT2D eigenvalue weighted by Gasteiger charge is 2.20. The predicted octanol–water partition coefficient (Wildman–Crippen LogP) is 3.63. The lowest BCUT2D eigenvalue weighted by Crippen LogP contribution is -2.09. The SMILES string of the molecule is CC(C)(C)c1cnc(CNc2ccc(F)cc2[N+](=O)[O-])o1. The van der Waals surface area contributed by atoms with Crippen LogP contribution in [-0.2, 0) is 12.0 Å². The molecule has 0 radical (unpaired) electrons. The normalized spacial score (nSPS) is 11.4. The summed E-state index contributed by atoms with van der Waals surface area (Å²) in [4.78, 5) is 14.4. The number of rotatable bonds is 4. The van der Waals surface area contributed by atoms with Crippen LogP contribution in [-0.4, -0.2) is 9.91 Å². The molecule has 1 aromatic carbocycles. The summed E-state index contributed by atoms with van der Waals surface area (Å²) < 4.78 is 18.6. The van der Waals surface area contributed by atoms with Crippen LogP contribution in [0.15, 0.2) is 28.8 Å². The molecule has 0 unspecified atom stereocenters. The number of hydrogen-bond donors (Lipinski definition) is 1. The molecule has 2 aromatic rings. The second-order valence-electron chi connectivity index (χ2n) is 5.64. The Morgan fingerprint density at radius 1 is 1.43 bits per heavy atom. The van der Waals surface area contributed by atoms with Gasteiger partial charge in [-0.2, -0.15) is 0 Å². The first-order chi connectivity index (χ1) is 9.77. The molecule has 0 aliphatic rings. The first kappa shape index (κ1) is 15.0. The largest absolute Gasteiger partial charge is 0.443 e. The summed E-state index contributed by atoms with van der Waals surface area (Å²) in [6.45, 7) is 6.17. The zero-order valence-corrected chi connectivity index (χ0v) is 12.0. The highest BCUT2D eigenvalue weighted by atomic mass is 19.1. The van der Waals surface area contributed by atoms with Crippen LogP contribution < -0.4 is 5.32 Å². The van der Waals surface area contributed by atoms with Crippen molar-refractivity contribution in [2.75, 3.05) is 5.32 Å². The fourth-order valence-electron chi connectivity index (χ4n) is 1.71. The molecule has 1 N–H and O–H groups in total. The summed E-state index contributed by atoms with van der Waals surface area (Å²) in [5.41, 5.74) is -0.262. The third-order valence-corrected chi connectivity index (χ3v) is 2.88. The van der Waals surface area contributed by atoms with E-state index in [-0.39, 0.29) is 23.3 Å². The molecule has 112 valence electrons. The molecule has 2 rings (SSSR count). The number of benzene rings is 1. The van der Waals surface area contributed by atoms with Gasteiger partial charge >= 0.3 is 0 Å². The molecule has 6 nitrogen and oxygen atoms in total. The van der Waals surface area contributed by atoms with Gasteiger partial charge in [0.2, 0.25) is 5.89 Å². The van der Waals surface area contributed by atoms with E-state index in [4.69, 9.17) is 4.42 Å². The van der Waals surface area contributed by atoms with Crippen molar-refractivity contribution >= 4 is 11.4 Å². The van der Waals surface area contributed by atoms with Gasteiger partial charge in [-0.15, -0.1) is 0 Å². The van der Waals surface area contributed by atoms with Crippen LogP contribution in [0.2, 0.25) is 0 Å². The molecule has 7 heteroatoms. The van der Waals surface area contributed by atoms with Crippen molar-refractivity contribution in [3.8, 4) is 0 Å². The van der Waals surface area contributed by atoms with E-state index in [9.17, 15) is 14.5 Å². The number of nitrogens with one attached hydrogen (secondary N) is 1. The number of hydrogen-bond acceptors (Lipinski definition) is 5. The van der Waals surface area contributed by atoms with Crippen LogP contribution in [0.25, 0.3) is 0 Å². The molecular formula is C14H16FN3O3. The van der Waals surface area contributed by atoms with E-state index in [1.54, 1.807) is 6.20 Å². The van der Waals surface area contributed by atoms with E-state index in [1.165, 1.54) is 6.07 Å². The van der Waals surface area contributed by atoms with Gasteiger partial charge < -0.3 is 9.73 Å². The van der Waals surface area contributed by atoms with Gasteiger partial charge in [0.05, 0.1) is 23.7 Å². The second-order valence-corrected chi connectivity index (χ2v) is 5.64. The van der Waals surface area contributed by atoms with Crippen LogP contribution in [0.3, 0.4) is 0 Å². The molecule has 0 spiro atoms. The predicted molar refractivity (Wildman–Crippen MR) is 75.6 cm³/mol. The number of aromatic nitrogens is 1. The first-order valence-corrected chi connectivity index (χ1v) is 6.40. The lowest BCUT2D eigenvalue weighted by atomic mass is 9.94. The Morgan fingerprint density at radius 2 is 2.14 bits per heavy atom. The van der Waals surface area contributed by atoms with Crippen LogP contribution >= 0.6 is 0 Å². The van der Waals surface area contributed by atoms with Crippen molar-refractivity contribution in [3.63, 3.8) is 0 Å². The van der Waals surface area contributed by atoms with Gasteiger partial charge in [0.25, 0.3) is 5.69 Å². The maximum Gasteiger partial charge on any atom is 0.295 e. The smallest absolute Gasteiger partial charge is 0.295 e. The molecular weight excluding hydrogens is 277 g/mol. The van der Waals surface area contributed by atoms with Crippen molar-refractivity contribution in [2.24, 2.45) is 0 Å². The summed E-state index contributed by atoms with van der Waals surface area (Å²) in [6.07, 6.45) is 1.64. The second kappa shape index (κ2) is 5.51. The molecule has 0 saturated heterocycles. The van der Waals surface area contributed by atoms with Gasteiger partial charge in [-0.25, -0.2) is 9.37 Å². The van der Waals surface area contributed by atoms with Crippen molar-refractivity contribution in [1.29, 1.82) is 0 Å². The standard InChI is InChI=1S/C14H16FN3O3/c1-14(2,3)12-7-17-13(21-12)8-16-10-5-4-9(15)6-11(10)18(19)20/h4-7,16H,8H2,1-3H3. The number of anilines is 1. The molecule has 0 aliphatic carbocycles. The van der Waals surface area contributed by atoms with Crippen molar-refractivity contribution < 1.29 is 13.7 Å². The Bertz CT molecular complexity index is 662. The minimum Gasteiger partial charge on any atom is -0.443 e. The van der Waals surface area contributed by atoms with E-state index in [0.29, 0.717) is 5.89 Å². The van der Waals surface area contributed by atoms with Crippen LogP contribution in [0.5, 0.6) is 0 Å². The molecule has 0 bridgehead atoms. The van der Waals surface area contributed by atoms with Crippen molar-refractivity contribution in [2.45, 2.75) is 32.7 Å². The number of nitro groups is 1. The fourth-order valence-corrected chi connectivity index (χ4v) is 1.71. The molecule has 0 aliphatic heterocycles. The average Bonchev–Trinajstić information content (AvgIpc) is 2.85. The zero-order valence-electron chi connectivity index (χ0n) is 12.0. The fraction of sp³-hybridized carbons (Fsp3) is 0.357. The Labute approximate surface area is 121 Å². The third-order valence-electron chi connectivity index (χ3n) is 2.88. The minimum absolute atomic E-state index is 0.160. The summed E-state index contributed by atoms with van der Waals surface area (Å²) in [5, 5.41) is 13.7. The highest BCUT2D eigenvalue weighted by Crippen LogP contribution is 2.26. The quantitative estimate of drug-likeness (QED) is 0.687. The zero-order chi connectivity index (χ0) is 15.6. The van der Waals surface area contributed by atoms with Crippen LogP contribution in [0, 0.1) is 15.9 Å². The third kappa shape index (κ3) is 3.56. The van der Waals surface area contributed by atoms with Gasteiger partial charge in [-0.1, -0.05) is 20.8 Å². The molecule has 0 saturated carbocycles. The Balaban J connectivity index is 2.13. The van der Waals surface area contributed by atoms with E-state index in [2.05, 4.69) is 10.3 Å². The lowest BCUT2D eigenvalue weighted by Gasteiger charge is -2.13. The number of halogens is 1. The minimum atomic E-state index is -0.654. The monoisotopic (exact) mass is 293 g/mol. The van der Waals surface area contributed by atoms with Crippen molar-refractivity contribution in [1.82, 2.24) is 4.98 Å². The first-order valence-electron chi connectivity index (χ1n) is 6.40. The van der Waals surface area contributed by atoms with E-state index in [0.717, 1.165) is 17.9 Å². The van der Waals surface area contributed by atoms with Gasteiger partial charge in [-0.3, -0.25) is 10.1 Å². The van der Waals surface area contributed by atoms with E-state index >= 15 is 0 Å². The summed E-state index contributed by atoms with van der Waals surface area (Å²) in [7, 11) is 0. The molecule has 0 amide bonds. The maximum atomic E-state index is 13.0. The van der Waals surface area contributed by atoms with Crippen LogP contribution in [0.1, 0.15) is 32.4 Å². The van der Waals surface area contributed by atoms with Gasteiger partial charge in [0.1, 0.15) is 17.3 Å². The molecule has 0 atom stereocenters. The maximum absolute atomic E-state index is 13.0. The van der Waals surface area contributed by atoms with Gasteiger partial charge in [0, 0.05) is 5.41 Å². The summed E-state index contributed by atoms with van der Waals surface area (Å²) in [6, 6.07) is 3.35. The lowest BCUT2D eigenvalue weighted by molar-refractivity contribution is -0.384. The number of nitrogens with zero attached hydrogens (tertiary/aromatic N) is 2. The number of nitro benzene ring substituents is 1. The summed E-state index contributed by atoms with van der Waals surface area (Å²) in [5.74, 6) is 0.491. The average molecular weight is 293 g/mol. The molecule has 0 fully saturated rings. The topological polar surface area (TPSA) is 81.2 Å². The molecule has 21 heavy (non-hydrogen) atoms. The number of oxazole rings is 1.